The van der Waals surface area contributed by atoms with Crippen LogP contribution in [0, 0.1) is 5.95 Å². The molecule has 2 amide bonds. The summed E-state index contributed by atoms with van der Waals surface area (Å²) in [5, 5.41) is 8.75. The van der Waals surface area contributed by atoms with Crippen LogP contribution >= 0.6 is 0 Å². The predicted molar refractivity (Wildman–Crippen MR) is 69.9 cm³/mol. The molecule has 0 saturated heterocycles. The summed E-state index contributed by atoms with van der Waals surface area (Å²) in [6.45, 7) is 0.587. The molecule has 0 radical (unpaired) electrons. The zero-order valence-electron chi connectivity index (χ0n) is 11.3. The van der Waals surface area contributed by atoms with Gasteiger partial charge in [0, 0.05) is 7.11 Å². The lowest BCUT2D eigenvalue weighted by molar-refractivity contribution is 0.192. The van der Waals surface area contributed by atoms with Crippen LogP contribution in [0.25, 0.3) is 0 Å². The fourth-order valence-electron chi connectivity index (χ4n) is 1.44. The number of pyridine rings is 1. The zero-order chi connectivity index (χ0) is 15.1. The van der Waals surface area contributed by atoms with Crippen molar-refractivity contribution in [1.29, 1.82) is 0 Å². The number of amides is 2. The molecule has 0 unspecified atom stereocenters. The Morgan fingerprint density at radius 2 is 2.33 bits per heavy atom. The van der Waals surface area contributed by atoms with Crippen molar-refractivity contribution in [2.24, 2.45) is 0 Å². The van der Waals surface area contributed by atoms with E-state index in [1.54, 1.807) is 7.11 Å². The number of carbonyl (C=O) groups excluding carboxylic acids is 1. The van der Waals surface area contributed by atoms with Crippen molar-refractivity contribution in [3.63, 3.8) is 0 Å². The van der Waals surface area contributed by atoms with E-state index in [1.807, 2.05) is 0 Å². The number of methoxy groups -OCH3 is 1. The number of halogens is 1. The van der Waals surface area contributed by atoms with Crippen LogP contribution in [0.5, 0.6) is 0 Å². The molecule has 8 nitrogen and oxygen atoms in total. The Hall–Kier alpha value is -2.55. The number of hydrogen-bond acceptors (Lipinski definition) is 6. The number of carbonyl (C=O) groups is 1. The third kappa shape index (κ3) is 4.80. The third-order valence-electron chi connectivity index (χ3n) is 2.42. The average molecular weight is 295 g/mol. The molecule has 2 aromatic heterocycles. The molecule has 2 rings (SSSR count). The maximum atomic E-state index is 12.6. The van der Waals surface area contributed by atoms with Crippen molar-refractivity contribution >= 4 is 11.7 Å². The van der Waals surface area contributed by atoms with E-state index in [0.717, 1.165) is 6.07 Å². The molecule has 0 aromatic carbocycles. The van der Waals surface area contributed by atoms with Gasteiger partial charge in [-0.1, -0.05) is 5.16 Å². The van der Waals surface area contributed by atoms with Gasteiger partial charge in [0.25, 0.3) is 0 Å². The minimum Gasteiger partial charge on any atom is -0.384 e. The first-order valence-electron chi connectivity index (χ1n) is 6.14. The molecule has 0 fully saturated rings. The van der Waals surface area contributed by atoms with E-state index >= 15 is 0 Å². The maximum absolute atomic E-state index is 12.6. The second-order valence-corrected chi connectivity index (χ2v) is 4.02. The number of nitrogens with one attached hydrogen (secondary N) is 2. The highest BCUT2D eigenvalue weighted by molar-refractivity contribution is 5.88. The van der Waals surface area contributed by atoms with Gasteiger partial charge in [-0.25, -0.2) is 9.78 Å². The Balaban J connectivity index is 1.78. The van der Waals surface area contributed by atoms with Gasteiger partial charge in [0.05, 0.1) is 31.5 Å². The number of urea groups is 1. The molecule has 9 heteroatoms. The van der Waals surface area contributed by atoms with Crippen molar-refractivity contribution in [1.82, 2.24) is 20.4 Å². The van der Waals surface area contributed by atoms with Crippen LogP contribution in [0.3, 0.4) is 0 Å². The molecule has 2 heterocycles. The first-order valence-corrected chi connectivity index (χ1v) is 6.14. The summed E-state index contributed by atoms with van der Waals surface area (Å²) in [7, 11) is 1.58. The summed E-state index contributed by atoms with van der Waals surface area (Å²) < 4.78 is 22.5. The second-order valence-electron chi connectivity index (χ2n) is 4.02. The summed E-state index contributed by atoms with van der Waals surface area (Å²) in [5.74, 6) is 0.182. The lowest BCUT2D eigenvalue weighted by atomic mass is 10.4. The van der Waals surface area contributed by atoms with Crippen molar-refractivity contribution in [2.45, 2.75) is 13.0 Å². The molecule has 0 spiro atoms. The number of aromatic nitrogens is 3. The van der Waals surface area contributed by atoms with E-state index in [0.29, 0.717) is 30.4 Å². The minimum absolute atomic E-state index is 0.108. The molecule has 2 N–H and O–H groups in total. The van der Waals surface area contributed by atoms with Crippen molar-refractivity contribution in [2.75, 3.05) is 19.0 Å². The standard InChI is InChI=1S/C12H14FN5O3/c1-20-5-4-11-17-10(18-21-11)7-15-12(19)16-8-2-3-9(13)14-6-8/h2-3,6H,4-5,7H2,1H3,(H2,15,16,19). The highest BCUT2D eigenvalue weighted by atomic mass is 19.1. The van der Waals surface area contributed by atoms with Gasteiger partial charge in [0.15, 0.2) is 5.82 Å². The number of nitrogens with zero attached hydrogens (tertiary/aromatic N) is 3. The summed E-state index contributed by atoms with van der Waals surface area (Å²) in [6.07, 6.45) is 1.73. The van der Waals surface area contributed by atoms with E-state index in [2.05, 4.69) is 25.8 Å². The molecular formula is C12H14FN5O3. The summed E-state index contributed by atoms with van der Waals surface area (Å²) in [6, 6.07) is 2.07. The van der Waals surface area contributed by atoms with Crippen LogP contribution in [0.4, 0.5) is 14.9 Å². The summed E-state index contributed by atoms with van der Waals surface area (Å²) in [4.78, 5) is 19.1. The Kier molecular flexibility index (Phi) is 5.16. The van der Waals surface area contributed by atoms with Gasteiger partial charge in [-0.05, 0) is 12.1 Å². The van der Waals surface area contributed by atoms with Gasteiger partial charge < -0.3 is 19.9 Å². The van der Waals surface area contributed by atoms with Crippen LogP contribution in [0.2, 0.25) is 0 Å². The van der Waals surface area contributed by atoms with E-state index < -0.39 is 12.0 Å². The minimum atomic E-state index is -0.614. The second kappa shape index (κ2) is 7.29. The normalized spacial score (nSPS) is 10.4. The molecule has 0 bridgehead atoms. The van der Waals surface area contributed by atoms with Crippen LogP contribution in [-0.2, 0) is 17.7 Å². The maximum Gasteiger partial charge on any atom is 0.319 e. The van der Waals surface area contributed by atoms with Crippen LogP contribution in [-0.4, -0.2) is 34.9 Å². The number of hydrogen-bond donors (Lipinski definition) is 2. The van der Waals surface area contributed by atoms with Gasteiger partial charge in [-0.2, -0.15) is 9.37 Å². The SMILES string of the molecule is COCCc1nc(CNC(=O)Nc2ccc(F)nc2)no1. The first-order chi connectivity index (χ1) is 10.2. The zero-order valence-corrected chi connectivity index (χ0v) is 11.3. The molecule has 0 aliphatic heterocycles. The Morgan fingerprint density at radius 3 is 3.05 bits per heavy atom. The first kappa shape index (κ1) is 14.9. The monoisotopic (exact) mass is 295 g/mol. The highest BCUT2D eigenvalue weighted by Gasteiger charge is 2.08. The summed E-state index contributed by atoms with van der Waals surface area (Å²) in [5.41, 5.74) is 0.378. The van der Waals surface area contributed by atoms with Gasteiger partial charge in [-0.3, -0.25) is 0 Å². The predicted octanol–water partition coefficient (Wildman–Crippen LogP) is 1.11. The fraction of sp³-hybridized carbons (Fsp3) is 0.333. The molecule has 0 aliphatic carbocycles. The topological polar surface area (TPSA) is 102 Å². The van der Waals surface area contributed by atoms with Crippen molar-refractivity contribution in [3.05, 3.63) is 36.0 Å². The largest absolute Gasteiger partial charge is 0.384 e. The van der Waals surface area contributed by atoms with E-state index in [4.69, 9.17) is 9.26 Å². The van der Waals surface area contributed by atoms with Gasteiger partial charge >= 0.3 is 6.03 Å². The highest BCUT2D eigenvalue weighted by Crippen LogP contribution is 2.05. The van der Waals surface area contributed by atoms with E-state index in [1.165, 1.54) is 12.3 Å². The van der Waals surface area contributed by atoms with E-state index in [9.17, 15) is 9.18 Å². The van der Waals surface area contributed by atoms with Gasteiger partial charge in [0.2, 0.25) is 11.8 Å². The van der Waals surface area contributed by atoms with Gasteiger partial charge in [-0.15, -0.1) is 0 Å². The number of ether oxygens (including phenoxy) is 1. The average Bonchev–Trinajstić information content (AvgIpc) is 2.93. The molecule has 2 aromatic rings. The van der Waals surface area contributed by atoms with Crippen molar-refractivity contribution < 1.29 is 18.4 Å². The quantitative estimate of drug-likeness (QED) is 0.774. The number of rotatable bonds is 6. The van der Waals surface area contributed by atoms with Crippen LogP contribution < -0.4 is 10.6 Å². The molecule has 112 valence electrons. The van der Waals surface area contributed by atoms with Crippen LogP contribution in [0.15, 0.2) is 22.9 Å². The van der Waals surface area contributed by atoms with Crippen LogP contribution in [0.1, 0.15) is 11.7 Å². The van der Waals surface area contributed by atoms with Crippen molar-refractivity contribution in [3.8, 4) is 0 Å². The number of anilines is 1. The Labute approximate surface area is 119 Å². The molecule has 0 aliphatic rings. The smallest absolute Gasteiger partial charge is 0.319 e. The molecule has 0 saturated carbocycles. The molecule has 0 atom stereocenters. The third-order valence-corrected chi connectivity index (χ3v) is 2.42. The van der Waals surface area contributed by atoms with Gasteiger partial charge in [0.1, 0.15) is 0 Å². The van der Waals surface area contributed by atoms with E-state index in [-0.39, 0.29) is 6.54 Å². The Morgan fingerprint density at radius 1 is 1.48 bits per heavy atom. The lowest BCUT2D eigenvalue weighted by Crippen LogP contribution is -2.28. The summed E-state index contributed by atoms with van der Waals surface area (Å²) >= 11 is 0. The fourth-order valence-corrected chi connectivity index (χ4v) is 1.44. The Bertz CT molecular complexity index is 587. The molecule has 21 heavy (non-hydrogen) atoms. The lowest BCUT2D eigenvalue weighted by Gasteiger charge is -2.04. The molecular weight excluding hydrogens is 281 g/mol.